The molecular weight excluding hydrogens is 469 g/mol. The number of anilines is 1. The first-order valence-electron chi connectivity index (χ1n) is 11.5. The van der Waals surface area contributed by atoms with E-state index in [4.69, 9.17) is 9.15 Å². The fourth-order valence-electron chi connectivity index (χ4n) is 4.13. The topological polar surface area (TPSA) is 85.5 Å². The van der Waals surface area contributed by atoms with Gasteiger partial charge >= 0.3 is 0 Å². The van der Waals surface area contributed by atoms with Crippen molar-refractivity contribution in [3.8, 4) is 5.75 Å². The van der Waals surface area contributed by atoms with Crippen molar-refractivity contribution in [1.82, 2.24) is 10.2 Å². The van der Waals surface area contributed by atoms with E-state index in [0.29, 0.717) is 35.4 Å². The Balaban J connectivity index is 1.67. The predicted molar refractivity (Wildman–Crippen MR) is 132 cm³/mol. The van der Waals surface area contributed by atoms with Gasteiger partial charge in [0, 0.05) is 0 Å². The van der Waals surface area contributed by atoms with Gasteiger partial charge in [-0.1, -0.05) is 44.2 Å². The summed E-state index contributed by atoms with van der Waals surface area (Å²) in [4.78, 5) is 28.6. The molecule has 7 nitrogen and oxygen atoms in total. The first-order chi connectivity index (χ1) is 16.9. The highest BCUT2D eigenvalue weighted by atomic mass is 32.1. The van der Waals surface area contributed by atoms with E-state index in [2.05, 4.69) is 24.0 Å². The highest BCUT2D eigenvalue weighted by molar-refractivity contribution is 7.15. The molecule has 1 atom stereocenters. The molecule has 0 radical (unpaired) electrons. The van der Waals surface area contributed by atoms with Crippen LogP contribution in [0.4, 0.5) is 9.52 Å². The predicted octanol–water partition coefficient (Wildman–Crippen LogP) is 5.52. The van der Waals surface area contributed by atoms with Crippen molar-refractivity contribution in [2.45, 2.75) is 39.7 Å². The Labute approximate surface area is 205 Å². The minimum Gasteiger partial charge on any atom is -0.494 e. The van der Waals surface area contributed by atoms with Gasteiger partial charge in [0.15, 0.2) is 5.43 Å². The van der Waals surface area contributed by atoms with Crippen molar-refractivity contribution in [2.75, 3.05) is 11.5 Å². The van der Waals surface area contributed by atoms with Gasteiger partial charge in [-0.15, -0.1) is 10.2 Å². The molecular formula is C26H24FN3O4S. The van der Waals surface area contributed by atoms with Gasteiger partial charge in [0.2, 0.25) is 10.9 Å². The molecule has 0 aliphatic carbocycles. The fourth-order valence-corrected chi connectivity index (χ4v) is 4.93. The minimum atomic E-state index is -0.812. The summed E-state index contributed by atoms with van der Waals surface area (Å²) in [5.74, 6) is 0.0136. The molecule has 5 rings (SSSR count). The number of nitrogens with zero attached hydrogens (tertiary/aromatic N) is 3. The van der Waals surface area contributed by atoms with Crippen LogP contribution in [-0.2, 0) is 6.42 Å². The molecule has 1 unspecified atom stereocenters. The maximum atomic E-state index is 14.0. The Morgan fingerprint density at radius 2 is 2.00 bits per heavy atom. The fraction of sp³-hybridized carbons (Fsp3) is 0.308. The highest BCUT2D eigenvalue weighted by Crippen LogP contribution is 2.42. The summed E-state index contributed by atoms with van der Waals surface area (Å²) >= 11 is 1.28. The van der Waals surface area contributed by atoms with E-state index in [-0.39, 0.29) is 22.3 Å². The van der Waals surface area contributed by atoms with E-state index < -0.39 is 23.2 Å². The van der Waals surface area contributed by atoms with Crippen LogP contribution in [0, 0.1) is 11.7 Å². The van der Waals surface area contributed by atoms with Crippen LogP contribution < -0.4 is 15.1 Å². The Bertz CT molecular complexity index is 1480. The lowest BCUT2D eigenvalue weighted by molar-refractivity contribution is 0.0970. The maximum absolute atomic E-state index is 14.0. The molecule has 1 aliphatic rings. The molecule has 4 aromatic rings. The summed E-state index contributed by atoms with van der Waals surface area (Å²) < 4.78 is 25.8. The summed E-state index contributed by atoms with van der Waals surface area (Å²) in [5, 5.41) is 9.59. The molecule has 0 saturated heterocycles. The van der Waals surface area contributed by atoms with Crippen molar-refractivity contribution in [2.24, 2.45) is 5.92 Å². The standard InChI is InChI=1S/C26H24FN3O4S/c1-4-20-28-29-26(35-20)30-22(15-6-5-7-17(12-15)33-11-10-14(2)3)21-23(31)18-13-16(27)8-9-19(18)34-24(21)25(30)32/h5-9,12-14,22H,4,10-11H2,1-3H3. The summed E-state index contributed by atoms with van der Waals surface area (Å²) in [7, 11) is 0. The van der Waals surface area contributed by atoms with E-state index in [0.717, 1.165) is 17.5 Å². The molecule has 1 amide bonds. The average Bonchev–Trinajstić information content (AvgIpc) is 3.42. The summed E-state index contributed by atoms with van der Waals surface area (Å²) in [6.45, 7) is 6.75. The number of halogens is 1. The molecule has 0 N–H and O–H groups in total. The van der Waals surface area contributed by atoms with Gasteiger partial charge in [-0.2, -0.15) is 0 Å². The summed E-state index contributed by atoms with van der Waals surface area (Å²) in [6.07, 6.45) is 1.56. The van der Waals surface area contributed by atoms with Gasteiger partial charge in [-0.05, 0) is 54.7 Å². The van der Waals surface area contributed by atoms with E-state index in [9.17, 15) is 14.0 Å². The van der Waals surface area contributed by atoms with Crippen LogP contribution >= 0.6 is 11.3 Å². The Morgan fingerprint density at radius 1 is 1.17 bits per heavy atom. The number of amides is 1. The Morgan fingerprint density at radius 3 is 2.74 bits per heavy atom. The molecule has 35 heavy (non-hydrogen) atoms. The molecule has 0 saturated carbocycles. The van der Waals surface area contributed by atoms with Gasteiger partial charge < -0.3 is 9.15 Å². The zero-order valence-electron chi connectivity index (χ0n) is 19.6. The number of hydrogen-bond acceptors (Lipinski definition) is 7. The second kappa shape index (κ2) is 9.22. The van der Waals surface area contributed by atoms with E-state index >= 15 is 0 Å². The van der Waals surface area contributed by atoms with Crippen molar-refractivity contribution in [3.05, 3.63) is 80.4 Å². The highest BCUT2D eigenvalue weighted by Gasteiger charge is 2.45. The molecule has 0 fully saturated rings. The molecule has 0 bridgehead atoms. The van der Waals surface area contributed by atoms with Gasteiger partial charge in [0.05, 0.1) is 23.6 Å². The smallest absolute Gasteiger partial charge is 0.297 e. The lowest BCUT2D eigenvalue weighted by atomic mass is 9.98. The molecule has 9 heteroatoms. The third kappa shape index (κ3) is 4.20. The second-order valence-corrected chi connectivity index (χ2v) is 9.87. The number of fused-ring (bicyclic) bond motifs is 2. The van der Waals surface area contributed by atoms with Crippen molar-refractivity contribution < 1.29 is 18.3 Å². The second-order valence-electron chi connectivity index (χ2n) is 8.83. The Hall–Kier alpha value is -3.59. The van der Waals surface area contributed by atoms with Crippen LogP contribution in [0.3, 0.4) is 0 Å². The third-order valence-corrected chi connectivity index (χ3v) is 7.00. The molecule has 2 aromatic heterocycles. The third-order valence-electron chi connectivity index (χ3n) is 5.93. The maximum Gasteiger partial charge on any atom is 0.297 e. The van der Waals surface area contributed by atoms with E-state index in [1.807, 2.05) is 31.2 Å². The first-order valence-corrected chi connectivity index (χ1v) is 12.3. The lowest BCUT2D eigenvalue weighted by Crippen LogP contribution is -2.29. The molecule has 3 heterocycles. The SMILES string of the molecule is CCc1nnc(N2C(=O)c3oc4ccc(F)cc4c(=O)c3C2c2cccc(OCCC(C)C)c2)s1. The lowest BCUT2D eigenvalue weighted by Gasteiger charge is -2.22. The van der Waals surface area contributed by atoms with Crippen LogP contribution in [-0.4, -0.2) is 22.7 Å². The number of hydrogen-bond donors (Lipinski definition) is 0. The number of benzene rings is 2. The number of carbonyl (C=O) groups excluding carboxylic acids is 1. The van der Waals surface area contributed by atoms with Gasteiger partial charge in [-0.3, -0.25) is 14.5 Å². The van der Waals surface area contributed by atoms with E-state index in [1.54, 1.807) is 0 Å². The largest absolute Gasteiger partial charge is 0.494 e. The number of ether oxygens (including phenoxy) is 1. The number of carbonyl (C=O) groups is 1. The number of aryl methyl sites for hydroxylation is 1. The van der Waals surface area contributed by atoms with Crippen LogP contribution in [0.2, 0.25) is 0 Å². The number of rotatable bonds is 7. The average molecular weight is 494 g/mol. The summed E-state index contributed by atoms with van der Waals surface area (Å²) in [5.41, 5.74) is 0.519. The van der Waals surface area contributed by atoms with Gasteiger partial charge in [0.25, 0.3) is 5.91 Å². The van der Waals surface area contributed by atoms with Crippen molar-refractivity contribution in [1.29, 1.82) is 0 Å². The first kappa shape index (κ1) is 23.2. The minimum absolute atomic E-state index is 0.0708. The van der Waals surface area contributed by atoms with Crippen LogP contribution in [0.15, 0.2) is 51.7 Å². The zero-order valence-corrected chi connectivity index (χ0v) is 20.4. The quantitative estimate of drug-likeness (QED) is 0.337. The van der Waals surface area contributed by atoms with Gasteiger partial charge in [-0.25, -0.2) is 4.39 Å². The van der Waals surface area contributed by atoms with Crippen molar-refractivity contribution >= 4 is 33.3 Å². The van der Waals surface area contributed by atoms with Crippen LogP contribution in [0.5, 0.6) is 5.75 Å². The summed E-state index contributed by atoms with van der Waals surface area (Å²) in [6, 6.07) is 10.2. The van der Waals surface area contributed by atoms with Crippen LogP contribution in [0.1, 0.15) is 59.9 Å². The van der Waals surface area contributed by atoms with Gasteiger partial charge in [0.1, 0.15) is 22.2 Å². The van der Waals surface area contributed by atoms with Crippen LogP contribution in [0.25, 0.3) is 11.0 Å². The van der Waals surface area contributed by atoms with Crippen molar-refractivity contribution in [3.63, 3.8) is 0 Å². The monoisotopic (exact) mass is 493 g/mol. The molecule has 0 spiro atoms. The molecule has 180 valence electrons. The van der Waals surface area contributed by atoms with E-state index in [1.165, 1.54) is 28.4 Å². The number of aromatic nitrogens is 2. The Kier molecular flexibility index (Phi) is 6.10. The molecule has 2 aromatic carbocycles. The normalized spacial score (nSPS) is 15.3. The molecule has 1 aliphatic heterocycles. The zero-order chi connectivity index (χ0) is 24.7.